The number of nitrogens with one attached hydrogen (secondary N) is 1. The van der Waals surface area contributed by atoms with E-state index in [1.807, 2.05) is 51.1 Å². The van der Waals surface area contributed by atoms with Crippen molar-refractivity contribution < 1.29 is 33.8 Å². The first kappa shape index (κ1) is 32.4. The maximum absolute atomic E-state index is 14.3. The largest absolute Gasteiger partial charge is 0.455 e. The van der Waals surface area contributed by atoms with Crippen LogP contribution in [0.2, 0.25) is 0 Å². The van der Waals surface area contributed by atoms with Gasteiger partial charge in [0.25, 0.3) is 0 Å². The number of esters is 1. The van der Waals surface area contributed by atoms with Crippen LogP contribution in [0.1, 0.15) is 65.0 Å². The van der Waals surface area contributed by atoms with Crippen LogP contribution < -0.4 is 5.32 Å². The lowest BCUT2D eigenvalue weighted by molar-refractivity contribution is -0.161. The topological polar surface area (TPSA) is 125 Å². The molecule has 10 heteroatoms. The first-order valence-electron chi connectivity index (χ1n) is 15.1. The minimum Gasteiger partial charge on any atom is -0.455 e. The molecule has 1 aromatic carbocycles. The predicted molar refractivity (Wildman–Crippen MR) is 160 cm³/mol. The van der Waals surface area contributed by atoms with E-state index < -0.39 is 59.1 Å². The molecule has 234 valence electrons. The average molecular weight is 596 g/mol. The van der Waals surface area contributed by atoms with Gasteiger partial charge in [-0.3, -0.25) is 19.2 Å². The van der Waals surface area contributed by atoms with E-state index in [4.69, 9.17) is 9.47 Å². The van der Waals surface area contributed by atoms with Crippen LogP contribution in [0.4, 0.5) is 0 Å². The van der Waals surface area contributed by atoms with Crippen molar-refractivity contribution in [2.45, 2.75) is 88.8 Å². The monoisotopic (exact) mass is 595 g/mol. The molecule has 2 N–H and O–H groups in total. The minimum absolute atomic E-state index is 0.0601. The van der Waals surface area contributed by atoms with Crippen molar-refractivity contribution in [1.82, 2.24) is 15.1 Å². The van der Waals surface area contributed by atoms with E-state index in [-0.39, 0.29) is 37.9 Å². The Hall–Kier alpha value is -3.50. The Balaban J connectivity index is 1.65. The van der Waals surface area contributed by atoms with Crippen LogP contribution in [-0.4, -0.2) is 87.6 Å². The Labute approximate surface area is 254 Å². The van der Waals surface area contributed by atoms with Crippen LogP contribution in [0, 0.1) is 11.8 Å². The van der Waals surface area contributed by atoms with Gasteiger partial charge in [-0.1, -0.05) is 42.5 Å². The normalized spacial score (nSPS) is 27.3. The first-order chi connectivity index (χ1) is 20.4. The molecule has 7 atom stereocenters. The third-order valence-electron chi connectivity index (χ3n) is 8.86. The summed E-state index contributed by atoms with van der Waals surface area (Å²) < 4.78 is 12.6. The maximum Gasteiger partial charge on any atom is 0.313 e. The molecular weight excluding hydrogens is 550 g/mol. The van der Waals surface area contributed by atoms with Gasteiger partial charge in [0.05, 0.1) is 37.1 Å². The first-order valence-corrected chi connectivity index (χ1v) is 15.1. The van der Waals surface area contributed by atoms with E-state index in [9.17, 15) is 24.3 Å². The molecule has 0 aromatic heterocycles. The number of carbonyl (C=O) groups is 4. The lowest BCUT2D eigenvalue weighted by Gasteiger charge is -2.43. The van der Waals surface area contributed by atoms with Crippen molar-refractivity contribution in [3.8, 4) is 0 Å². The van der Waals surface area contributed by atoms with Gasteiger partial charge in [-0.15, -0.1) is 13.2 Å². The molecule has 3 heterocycles. The number of allylic oxidation sites excluding steroid dienone is 1. The number of likely N-dealkylation sites (tertiary alicyclic amines) is 1. The van der Waals surface area contributed by atoms with E-state index in [0.717, 1.165) is 0 Å². The summed E-state index contributed by atoms with van der Waals surface area (Å²) in [6.07, 6.45) is 3.62. The molecule has 2 bridgehead atoms. The Morgan fingerprint density at radius 1 is 1.23 bits per heavy atom. The van der Waals surface area contributed by atoms with E-state index in [1.54, 1.807) is 24.0 Å². The highest BCUT2D eigenvalue weighted by molar-refractivity contribution is 5.98. The van der Waals surface area contributed by atoms with Crippen LogP contribution in [-0.2, 0) is 28.7 Å². The van der Waals surface area contributed by atoms with Gasteiger partial charge in [0.1, 0.15) is 17.7 Å². The smallest absolute Gasteiger partial charge is 0.313 e. The number of amides is 3. The summed E-state index contributed by atoms with van der Waals surface area (Å²) in [4.78, 5) is 57.9. The van der Waals surface area contributed by atoms with Gasteiger partial charge in [-0.2, -0.15) is 0 Å². The van der Waals surface area contributed by atoms with E-state index >= 15 is 0 Å². The fourth-order valence-corrected chi connectivity index (χ4v) is 6.81. The summed E-state index contributed by atoms with van der Waals surface area (Å²) in [6, 6.07) is 7.43. The van der Waals surface area contributed by atoms with Gasteiger partial charge in [0.2, 0.25) is 17.7 Å². The lowest BCUT2D eigenvalue weighted by Crippen LogP contribution is -2.61. The third-order valence-corrected chi connectivity index (χ3v) is 8.86. The van der Waals surface area contributed by atoms with Crippen LogP contribution >= 0.6 is 0 Å². The molecule has 0 radical (unpaired) electrons. The maximum atomic E-state index is 14.3. The Kier molecular flexibility index (Phi) is 9.81. The van der Waals surface area contributed by atoms with Crippen molar-refractivity contribution in [2.24, 2.45) is 11.8 Å². The Bertz CT molecular complexity index is 1230. The summed E-state index contributed by atoms with van der Waals surface area (Å²) in [6.45, 7) is 14.8. The van der Waals surface area contributed by atoms with Gasteiger partial charge in [-0.25, -0.2) is 0 Å². The zero-order valence-electron chi connectivity index (χ0n) is 25.7. The van der Waals surface area contributed by atoms with Crippen LogP contribution in [0.3, 0.4) is 0 Å². The van der Waals surface area contributed by atoms with Crippen LogP contribution in [0.15, 0.2) is 55.6 Å². The quantitative estimate of drug-likeness (QED) is 0.265. The molecule has 10 nitrogen and oxygen atoms in total. The summed E-state index contributed by atoms with van der Waals surface area (Å²) in [5.74, 6) is -3.37. The van der Waals surface area contributed by atoms with Crippen molar-refractivity contribution in [3.63, 3.8) is 0 Å². The zero-order chi connectivity index (χ0) is 31.5. The summed E-state index contributed by atoms with van der Waals surface area (Å²) in [5, 5.41) is 12.9. The minimum atomic E-state index is -1.22. The molecule has 3 saturated heterocycles. The van der Waals surface area contributed by atoms with Crippen molar-refractivity contribution in [2.75, 3.05) is 19.7 Å². The fourth-order valence-electron chi connectivity index (χ4n) is 6.81. The molecule has 43 heavy (non-hydrogen) atoms. The number of hydrogen-bond acceptors (Lipinski definition) is 7. The fraction of sp³-hybridized carbons (Fsp3) is 0.576. The molecule has 3 fully saturated rings. The number of nitrogens with zero attached hydrogens (tertiary/aromatic N) is 2. The second-order valence-electron chi connectivity index (χ2n) is 12.7. The van der Waals surface area contributed by atoms with E-state index in [2.05, 4.69) is 18.5 Å². The highest BCUT2D eigenvalue weighted by Gasteiger charge is 2.75. The van der Waals surface area contributed by atoms with E-state index in [0.29, 0.717) is 24.8 Å². The van der Waals surface area contributed by atoms with Crippen LogP contribution in [0.25, 0.3) is 0 Å². The van der Waals surface area contributed by atoms with Gasteiger partial charge < -0.3 is 29.7 Å². The van der Waals surface area contributed by atoms with Crippen molar-refractivity contribution in [3.05, 3.63) is 61.2 Å². The van der Waals surface area contributed by atoms with Gasteiger partial charge in [-0.05, 0) is 52.5 Å². The summed E-state index contributed by atoms with van der Waals surface area (Å²) in [5.41, 5.74) is -1.10. The number of aliphatic hydroxyl groups excluding tert-OH is 1. The molecular formula is C33H45N3O7. The molecule has 0 aliphatic carbocycles. The number of rotatable bonds is 13. The molecule has 0 saturated carbocycles. The third kappa shape index (κ3) is 6.13. The SMILES string of the molecule is C=CCCC(=O)NC[C@@H](OC(=O)[C@@H]1[C@H]2C(=O)N([C@H](C)CO)[C@H](C(=O)N(CC=C)C(C)(C)C)[C@]23CC[C@H]1O3)c1ccccc1. The number of benzene rings is 1. The summed E-state index contributed by atoms with van der Waals surface area (Å²) >= 11 is 0. The molecule has 1 aromatic rings. The van der Waals surface area contributed by atoms with E-state index in [1.165, 1.54) is 4.90 Å². The molecule has 4 rings (SSSR count). The number of carbonyl (C=O) groups excluding carboxylic acids is 4. The lowest BCUT2D eigenvalue weighted by atomic mass is 9.70. The molecule has 3 aliphatic heterocycles. The predicted octanol–water partition coefficient (Wildman–Crippen LogP) is 2.92. The van der Waals surface area contributed by atoms with Gasteiger partial charge in [0, 0.05) is 18.5 Å². The molecule has 1 spiro atoms. The number of ether oxygens (including phenoxy) is 2. The molecule has 3 amide bonds. The average Bonchev–Trinajstić information content (AvgIpc) is 3.63. The Morgan fingerprint density at radius 2 is 1.93 bits per heavy atom. The highest BCUT2D eigenvalue weighted by atomic mass is 16.6. The zero-order valence-corrected chi connectivity index (χ0v) is 25.7. The molecule has 3 aliphatic rings. The Morgan fingerprint density at radius 3 is 2.53 bits per heavy atom. The molecule has 0 unspecified atom stereocenters. The number of hydrogen-bond donors (Lipinski definition) is 2. The summed E-state index contributed by atoms with van der Waals surface area (Å²) in [7, 11) is 0. The van der Waals surface area contributed by atoms with Crippen molar-refractivity contribution in [1.29, 1.82) is 0 Å². The highest BCUT2D eigenvalue weighted by Crippen LogP contribution is 2.59. The van der Waals surface area contributed by atoms with Gasteiger partial charge in [0.15, 0.2) is 0 Å². The number of fused-ring (bicyclic) bond motifs is 1. The second-order valence-corrected chi connectivity index (χ2v) is 12.7. The van der Waals surface area contributed by atoms with Crippen LogP contribution in [0.5, 0.6) is 0 Å². The standard InChI is InChI=1S/C33H45N3O7/c1-7-9-15-25(38)34-19-24(22-13-11-10-12-14-22)42-31(41)26-23-16-17-33(43-23)27(26)29(39)36(21(3)20-37)28(33)30(40)35(18-8-2)32(4,5)6/h7-8,10-14,21,23-24,26-28,37H,1-2,9,15-20H2,3-6H3,(H,34,38)/t21-,23-,24-,26+,27+,28-,33+/m1/s1. The number of aliphatic hydroxyl groups is 1. The van der Waals surface area contributed by atoms with Crippen molar-refractivity contribution >= 4 is 23.7 Å². The van der Waals surface area contributed by atoms with Gasteiger partial charge >= 0.3 is 5.97 Å². The second kappa shape index (κ2) is 13.0.